The van der Waals surface area contributed by atoms with Gasteiger partial charge in [0.15, 0.2) is 0 Å². The lowest BCUT2D eigenvalue weighted by Crippen LogP contribution is -2.20. The summed E-state index contributed by atoms with van der Waals surface area (Å²) in [6, 6.07) is 4.23. The minimum absolute atomic E-state index is 0.0732. The van der Waals surface area contributed by atoms with Crippen molar-refractivity contribution in [2.45, 2.75) is 26.3 Å². The van der Waals surface area contributed by atoms with Gasteiger partial charge in [0.2, 0.25) is 0 Å². The van der Waals surface area contributed by atoms with Gasteiger partial charge in [0.1, 0.15) is 5.82 Å². The fourth-order valence-electron chi connectivity index (χ4n) is 2.00. The van der Waals surface area contributed by atoms with Crippen molar-refractivity contribution < 1.29 is 0 Å². The van der Waals surface area contributed by atoms with Crippen LogP contribution in [-0.2, 0) is 0 Å². The average molecular weight is 205 g/mol. The second kappa shape index (κ2) is 4.19. The summed E-state index contributed by atoms with van der Waals surface area (Å²) in [6.07, 6.45) is 3.17. The Morgan fingerprint density at radius 3 is 2.80 bits per heavy atom. The van der Waals surface area contributed by atoms with Gasteiger partial charge < -0.3 is 10.6 Å². The van der Waals surface area contributed by atoms with E-state index < -0.39 is 0 Å². The Balaban J connectivity index is 2.10. The fraction of sp³-hybridized carbons (Fsp3) is 0.583. The minimum Gasteiger partial charge on any atom is -0.356 e. The lowest BCUT2D eigenvalue weighted by atomic mass is 10.1. The smallest absolute Gasteiger partial charge is 0.128 e. The summed E-state index contributed by atoms with van der Waals surface area (Å²) in [4.78, 5) is 6.81. The van der Waals surface area contributed by atoms with Gasteiger partial charge in [-0.1, -0.05) is 13.0 Å². The van der Waals surface area contributed by atoms with Crippen molar-refractivity contribution in [3.05, 3.63) is 23.9 Å². The van der Waals surface area contributed by atoms with Gasteiger partial charge >= 0.3 is 0 Å². The number of pyridine rings is 1. The first-order valence-corrected chi connectivity index (χ1v) is 5.63. The number of hydrogen-bond donors (Lipinski definition) is 1. The highest BCUT2D eigenvalue weighted by Crippen LogP contribution is 2.22. The van der Waals surface area contributed by atoms with E-state index in [0.29, 0.717) is 0 Å². The van der Waals surface area contributed by atoms with E-state index in [0.717, 1.165) is 30.4 Å². The Labute approximate surface area is 91.3 Å². The Kier molecular flexibility index (Phi) is 2.91. The highest BCUT2D eigenvalue weighted by molar-refractivity contribution is 5.40. The first-order chi connectivity index (χ1) is 7.16. The molecule has 1 saturated heterocycles. The summed E-state index contributed by atoms with van der Waals surface area (Å²) < 4.78 is 0. The maximum Gasteiger partial charge on any atom is 0.128 e. The van der Waals surface area contributed by atoms with Crippen molar-refractivity contribution in [1.82, 2.24) is 4.98 Å². The molecular formula is C12H19N3. The van der Waals surface area contributed by atoms with Crippen LogP contribution >= 0.6 is 0 Å². The molecule has 0 spiro atoms. The molecule has 0 aliphatic carbocycles. The third-order valence-electron chi connectivity index (χ3n) is 3.04. The van der Waals surface area contributed by atoms with Crippen LogP contribution in [0, 0.1) is 5.92 Å². The van der Waals surface area contributed by atoms with Crippen LogP contribution in [0.4, 0.5) is 5.82 Å². The third kappa shape index (κ3) is 2.29. The van der Waals surface area contributed by atoms with E-state index in [9.17, 15) is 0 Å². The average Bonchev–Trinajstić information content (AvgIpc) is 2.65. The van der Waals surface area contributed by atoms with Gasteiger partial charge in [0, 0.05) is 25.3 Å². The van der Waals surface area contributed by atoms with Crippen LogP contribution in [-0.4, -0.2) is 18.1 Å². The van der Waals surface area contributed by atoms with Crippen LogP contribution in [0.25, 0.3) is 0 Å². The Hall–Kier alpha value is -1.09. The van der Waals surface area contributed by atoms with E-state index in [1.165, 1.54) is 6.42 Å². The van der Waals surface area contributed by atoms with Crippen molar-refractivity contribution in [2.24, 2.45) is 11.7 Å². The summed E-state index contributed by atoms with van der Waals surface area (Å²) in [5, 5.41) is 0. The standard InChI is InChI=1S/C12H19N3/c1-9-5-6-15(8-9)12-4-3-11(7-14-12)10(2)13/h3-4,7,9-10H,5-6,8,13H2,1-2H3/t9?,10-/m0/s1. The van der Waals surface area contributed by atoms with E-state index in [-0.39, 0.29) is 6.04 Å². The van der Waals surface area contributed by atoms with Gasteiger partial charge in [-0.3, -0.25) is 0 Å². The molecule has 0 saturated carbocycles. The van der Waals surface area contributed by atoms with Crippen molar-refractivity contribution in [1.29, 1.82) is 0 Å². The zero-order valence-electron chi connectivity index (χ0n) is 9.48. The van der Waals surface area contributed by atoms with Crippen molar-refractivity contribution >= 4 is 5.82 Å². The molecule has 0 amide bonds. The van der Waals surface area contributed by atoms with Gasteiger partial charge in [-0.05, 0) is 30.9 Å². The van der Waals surface area contributed by atoms with Gasteiger partial charge in [-0.15, -0.1) is 0 Å². The lowest BCUT2D eigenvalue weighted by Gasteiger charge is -2.17. The van der Waals surface area contributed by atoms with Crippen LogP contribution in [0.5, 0.6) is 0 Å². The molecule has 2 rings (SSSR count). The largest absolute Gasteiger partial charge is 0.356 e. The fourth-order valence-corrected chi connectivity index (χ4v) is 2.00. The molecule has 2 N–H and O–H groups in total. The predicted molar refractivity (Wildman–Crippen MR) is 62.8 cm³/mol. The summed E-state index contributed by atoms with van der Waals surface area (Å²) in [5.41, 5.74) is 6.89. The quantitative estimate of drug-likeness (QED) is 0.802. The van der Waals surface area contributed by atoms with E-state index in [2.05, 4.69) is 28.9 Å². The van der Waals surface area contributed by atoms with Crippen LogP contribution < -0.4 is 10.6 Å². The lowest BCUT2D eigenvalue weighted by molar-refractivity contribution is 0.659. The Bertz CT molecular complexity index is 318. The van der Waals surface area contributed by atoms with Crippen LogP contribution in [0.1, 0.15) is 31.9 Å². The van der Waals surface area contributed by atoms with Crippen molar-refractivity contribution in [3.63, 3.8) is 0 Å². The van der Waals surface area contributed by atoms with Crippen molar-refractivity contribution in [2.75, 3.05) is 18.0 Å². The van der Waals surface area contributed by atoms with Crippen molar-refractivity contribution in [3.8, 4) is 0 Å². The highest BCUT2D eigenvalue weighted by atomic mass is 15.2. The zero-order valence-corrected chi connectivity index (χ0v) is 9.48. The Morgan fingerprint density at radius 2 is 2.33 bits per heavy atom. The normalized spacial score (nSPS) is 23.1. The maximum absolute atomic E-state index is 5.79. The molecule has 1 unspecified atom stereocenters. The molecule has 1 fully saturated rings. The number of nitrogens with zero attached hydrogens (tertiary/aromatic N) is 2. The summed E-state index contributed by atoms with van der Waals surface area (Å²) in [6.45, 7) is 6.53. The van der Waals surface area contributed by atoms with Gasteiger partial charge in [-0.2, -0.15) is 0 Å². The second-order valence-corrected chi connectivity index (χ2v) is 4.58. The second-order valence-electron chi connectivity index (χ2n) is 4.58. The summed E-state index contributed by atoms with van der Waals surface area (Å²) in [5.74, 6) is 1.88. The van der Waals surface area contributed by atoms with Gasteiger partial charge in [-0.25, -0.2) is 4.98 Å². The molecule has 1 aliphatic rings. The molecule has 2 heterocycles. The molecule has 0 bridgehead atoms. The molecule has 0 radical (unpaired) electrons. The van der Waals surface area contributed by atoms with Crippen LogP contribution in [0.15, 0.2) is 18.3 Å². The number of rotatable bonds is 2. The molecule has 82 valence electrons. The molecule has 3 nitrogen and oxygen atoms in total. The molecule has 3 heteroatoms. The van der Waals surface area contributed by atoms with Crippen LogP contribution in [0.2, 0.25) is 0 Å². The van der Waals surface area contributed by atoms with Gasteiger partial charge in [0.05, 0.1) is 0 Å². The highest BCUT2D eigenvalue weighted by Gasteiger charge is 2.19. The molecule has 1 aromatic rings. The summed E-state index contributed by atoms with van der Waals surface area (Å²) >= 11 is 0. The first-order valence-electron chi connectivity index (χ1n) is 5.63. The van der Waals surface area contributed by atoms with E-state index in [1.54, 1.807) is 0 Å². The minimum atomic E-state index is 0.0732. The molecule has 15 heavy (non-hydrogen) atoms. The van der Waals surface area contributed by atoms with Crippen LogP contribution in [0.3, 0.4) is 0 Å². The molecular weight excluding hydrogens is 186 g/mol. The molecule has 1 aromatic heterocycles. The number of hydrogen-bond acceptors (Lipinski definition) is 3. The Morgan fingerprint density at radius 1 is 1.53 bits per heavy atom. The first kappa shape index (κ1) is 10.4. The SMILES string of the molecule is CC1CCN(c2ccc([C@H](C)N)cn2)C1. The van der Waals surface area contributed by atoms with E-state index in [1.807, 2.05) is 13.1 Å². The van der Waals surface area contributed by atoms with E-state index in [4.69, 9.17) is 5.73 Å². The summed E-state index contributed by atoms with van der Waals surface area (Å²) in [7, 11) is 0. The zero-order chi connectivity index (χ0) is 10.8. The number of anilines is 1. The third-order valence-corrected chi connectivity index (χ3v) is 3.04. The van der Waals surface area contributed by atoms with E-state index >= 15 is 0 Å². The maximum atomic E-state index is 5.79. The molecule has 1 aliphatic heterocycles. The van der Waals surface area contributed by atoms with Gasteiger partial charge in [0.25, 0.3) is 0 Å². The number of nitrogens with two attached hydrogens (primary N) is 1. The topological polar surface area (TPSA) is 42.1 Å². The molecule has 2 atom stereocenters. The monoisotopic (exact) mass is 205 g/mol. The molecule has 0 aromatic carbocycles. The number of aromatic nitrogens is 1. The predicted octanol–water partition coefficient (Wildman–Crippen LogP) is 1.95.